The van der Waals surface area contributed by atoms with Crippen LogP contribution in [0.1, 0.15) is 22.5 Å². The fraction of sp³-hybridized carbons (Fsp3) is 0.0909. The number of aromatic nitrogens is 4. The molecule has 0 fully saturated rings. The van der Waals surface area contributed by atoms with Gasteiger partial charge in [-0.25, -0.2) is 9.36 Å². The van der Waals surface area contributed by atoms with Gasteiger partial charge in [-0.3, -0.25) is 0 Å². The second kappa shape index (κ2) is 7.84. The average molecular weight is 368 g/mol. The third-order valence-electron chi connectivity index (χ3n) is 4.38. The van der Waals surface area contributed by atoms with Crippen LogP contribution >= 0.6 is 0 Å². The van der Waals surface area contributed by atoms with E-state index in [2.05, 4.69) is 20.4 Å². The van der Waals surface area contributed by atoms with Crippen LogP contribution in [0.2, 0.25) is 0 Å². The zero-order valence-corrected chi connectivity index (χ0v) is 15.8. The van der Waals surface area contributed by atoms with Crippen LogP contribution in [0.5, 0.6) is 0 Å². The molecule has 6 heteroatoms. The lowest BCUT2D eigenvalue weighted by molar-refractivity contribution is 0.863. The van der Waals surface area contributed by atoms with Crippen LogP contribution in [0.3, 0.4) is 0 Å². The molecule has 4 rings (SSSR count). The maximum atomic E-state index is 4.53. The van der Waals surface area contributed by atoms with E-state index in [1.165, 1.54) is 0 Å². The van der Waals surface area contributed by atoms with E-state index in [9.17, 15) is 0 Å². The number of nitrogens with zero attached hydrogens (tertiary/aromatic N) is 6. The molecule has 0 aliphatic carbocycles. The molecule has 0 N–H and O–H groups in total. The monoisotopic (exact) mass is 368 g/mol. The first-order valence-electron chi connectivity index (χ1n) is 9.00. The third-order valence-corrected chi connectivity index (χ3v) is 4.38. The molecular formula is C22H20N6. The molecule has 0 saturated heterocycles. The number of benzene rings is 2. The van der Waals surface area contributed by atoms with Gasteiger partial charge < -0.3 is 0 Å². The largest absolute Gasteiger partial charge is 0.240 e. The summed E-state index contributed by atoms with van der Waals surface area (Å²) >= 11 is 0. The highest BCUT2D eigenvalue weighted by Crippen LogP contribution is 2.11. The lowest BCUT2D eigenvalue weighted by atomic mass is 10.3. The van der Waals surface area contributed by atoms with Crippen molar-refractivity contribution >= 4 is 12.4 Å². The molecule has 0 atom stereocenters. The highest BCUT2D eigenvalue weighted by Gasteiger charge is 2.05. The number of para-hydroxylation sites is 2. The molecule has 2 heterocycles. The summed E-state index contributed by atoms with van der Waals surface area (Å²) < 4.78 is 3.68. The van der Waals surface area contributed by atoms with Crippen molar-refractivity contribution in [1.82, 2.24) is 19.6 Å². The van der Waals surface area contributed by atoms with E-state index in [4.69, 9.17) is 0 Å². The van der Waals surface area contributed by atoms with Crippen LogP contribution in [0.15, 0.2) is 83.3 Å². The maximum absolute atomic E-state index is 4.53. The minimum atomic E-state index is 0.899. The Kier molecular flexibility index (Phi) is 4.93. The van der Waals surface area contributed by atoms with E-state index in [0.29, 0.717) is 0 Å². The Hall–Kier alpha value is -3.80. The molecule has 6 nitrogen and oxygen atoms in total. The second-order valence-electron chi connectivity index (χ2n) is 6.39. The standard InChI is InChI=1S/C22H20N6/c1-17-19(15-27(25-17)21-9-5-3-6-10-21)13-23-24-14-20-16-28(26-18(20)2)22-11-7-4-8-12-22/h3-16H,1-2H3. The van der Waals surface area contributed by atoms with Crippen LogP contribution in [-0.4, -0.2) is 32.0 Å². The SMILES string of the molecule is Cc1nn(-c2ccccc2)cc1C=NN=Cc1cn(-c2ccccc2)nc1C. The molecule has 0 amide bonds. The smallest absolute Gasteiger partial charge is 0.0686 e. The summed E-state index contributed by atoms with van der Waals surface area (Å²) in [4.78, 5) is 0. The first-order valence-corrected chi connectivity index (χ1v) is 9.00. The zero-order chi connectivity index (χ0) is 19.3. The van der Waals surface area contributed by atoms with Crippen molar-refractivity contribution in [3.05, 3.63) is 95.6 Å². The molecule has 28 heavy (non-hydrogen) atoms. The number of aryl methyl sites for hydroxylation is 2. The summed E-state index contributed by atoms with van der Waals surface area (Å²) in [7, 11) is 0. The Morgan fingerprint density at radius 1 is 0.643 bits per heavy atom. The molecule has 0 aliphatic heterocycles. The van der Waals surface area contributed by atoms with Crippen molar-refractivity contribution in [2.24, 2.45) is 10.2 Å². The van der Waals surface area contributed by atoms with E-state index >= 15 is 0 Å². The Balaban J connectivity index is 1.49. The molecule has 0 bridgehead atoms. The van der Waals surface area contributed by atoms with Gasteiger partial charge in [-0.15, -0.1) is 0 Å². The minimum Gasteiger partial charge on any atom is -0.240 e. The molecule has 0 radical (unpaired) electrons. The molecule has 0 spiro atoms. The quantitative estimate of drug-likeness (QED) is 0.393. The van der Waals surface area contributed by atoms with E-state index in [-0.39, 0.29) is 0 Å². The molecule has 0 aliphatic rings. The minimum absolute atomic E-state index is 0.899. The van der Waals surface area contributed by atoms with Crippen molar-refractivity contribution in [2.45, 2.75) is 13.8 Å². The van der Waals surface area contributed by atoms with Crippen LogP contribution in [0, 0.1) is 13.8 Å². The highest BCUT2D eigenvalue weighted by molar-refractivity contribution is 5.83. The van der Waals surface area contributed by atoms with Gasteiger partial charge in [0, 0.05) is 23.5 Å². The molecule has 0 unspecified atom stereocenters. The fourth-order valence-corrected chi connectivity index (χ4v) is 2.82. The van der Waals surface area contributed by atoms with Crippen LogP contribution in [0.25, 0.3) is 11.4 Å². The van der Waals surface area contributed by atoms with E-state index in [1.807, 2.05) is 96.3 Å². The number of hydrogen-bond donors (Lipinski definition) is 0. The van der Waals surface area contributed by atoms with Gasteiger partial charge in [0.05, 0.1) is 35.2 Å². The summed E-state index contributed by atoms with van der Waals surface area (Å²) in [5, 5.41) is 17.4. The van der Waals surface area contributed by atoms with E-state index in [1.54, 1.807) is 12.4 Å². The highest BCUT2D eigenvalue weighted by atomic mass is 15.3. The molecule has 0 saturated carbocycles. The van der Waals surface area contributed by atoms with Gasteiger partial charge in [0.2, 0.25) is 0 Å². The first-order chi connectivity index (χ1) is 13.7. The Bertz CT molecular complexity index is 1030. The fourth-order valence-electron chi connectivity index (χ4n) is 2.82. The second-order valence-corrected chi connectivity index (χ2v) is 6.39. The van der Waals surface area contributed by atoms with Gasteiger partial charge >= 0.3 is 0 Å². The van der Waals surface area contributed by atoms with E-state index < -0.39 is 0 Å². The van der Waals surface area contributed by atoms with Gasteiger partial charge in [0.15, 0.2) is 0 Å². The molecule has 2 aromatic heterocycles. The van der Waals surface area contributed by atoms with Crippen LogP contribution < -0.4 is 0 Å². The van der Waals surface area contributed by atoms with Crippen molar-refractivity contribution in [1.29, 1.82) is 0 Å². The van der Waals surface area contributed by atoms with Gasteiger partial charge in [-0.1, -0.05) is 36.4 Å². The van der Waals surface area contributed by atoms with E-state index in [0.717, 1.165) is 33.9 Å². The lowest BCUT2D eigenvalue weighted by Gasteiger charge is -1.98. The summed E-state index contributed by atoms with van der Waals surface area (Å²) in [5.41, 5.74) is 5.68. The topological polar surface area (TPSA) is 60.4 Å². The zero-order valence-electron chi connectivity index (χ0n) is 15.8. The predicted molar refractivity (Wildman–Crippen MR) is 112 cm³/mol. The van der Waals surface area contributed by atoms with Gasteiger partial charge in [-0.05, 0) is 38.1 Å². The Morgan fingerprint density at radius 2 is 1.04 bits per heavy atom. The number of hydrogen-bond acceptors (Lipinski definition) is 4. The van der Waals surface area contributed by atoms with Gasteiger partial charge in [0.1, 0.15) is 0 Å². The normalized spacial score (nSPS) is 11.6. The van der Waals surface area contributed by atoms with Crippen molar-refractivity contribution < 1.29 is 0 Å². The summed E-state index contributed by atoms with van der Waals surface area (Å²) in [6, 6.07) is 20.0. The van der Waals surface area contributed by atoms with Crippen molar-refractivity contribution in [3.8, 4) is 11.4 Å². The molecule has 2 aromatic carbocycles. The Morgan fingerprint density at radius 3 is 1.43 bits per heavy atom. The van der Waals surface area contributed by atoms with Gasteiger partial charge in [-0.2, -0.15) is 20.4 Å². The number of rotatable bonds is 5. The summed E-state index contributed by atoms with van der Waals surface area (Å²) in [5.74, 6) is 0. The lowest BCUT2D eigenvalue weighted by Crippen LogP contribution is -1.93. The van der Waals surface area contributed by atoms with Crippen LogP contribution in [0.4, 0.5) is 0 Å². The van der Waals surface area contributed by atoms with Crippen LogP contribution in [-0.2, 0) is 0 Å². The molecule has 138 valence electrons. The van der Waals surface area contributed by atoms with Gasteiger partial charge in [0.25, 0.3) is 0 Å². The van der Waals surface area contributed by atoms with Crippen molar-refractivity contribution in [2.75, 3.05) is 0 Å². The Labute approximate surface area is 163 Å². The molecule has 4 aromatic rings. The third kappa shape index (κ3) is 3.81. The predicted octanol–water partition coefficient (Wildman–Crippen LogP) is 4.13. The first kappa shape index (κ1) is 17.6. The summed E-state index contributed by atoms with van der Waals surface area (Å²) in [6.45, 7) is 3.91. The average Bonchev–Trinajstić information content (AvgIpc) is 3.29. The summed E-state index contributed by atoms with van der Waals surface area (Å²) in [6.07, 6.45) is 7.33. The van der Waals surface area contributed by atoms with Crippen molar-refractivity contribution in [3.63, 3.8) is 0 Å². The molecular weight excluding hydrogens is 348 g/mol. The maximum Gasteiger partial charge on any atom is 0.0686 e.